The van der Waals surface area contributed by atoms with E-state index in [-0.39, 0.29) is 23.7 Å². The van der Waals surface area contributed by atoms with Crippen LogP contribution in [0.5, 0.6) is 0 Å². The molecule has 5 nitrogen and oxygen atoms in total. The summed E-state index contributed by atoms with van der Waals surface area (Å²) in [5.41, 5.74) is 1.45. The molecule has 1 N–H and O–H groups in total. The predicted molar refractivity (Wildman–Crippen MR) is 113 cm³/mol. The van der Waals surface area contributed by atoms with Crippen molar-refractivity contribution in [3.05, 3.63) is 64.9 Å². The Hall–Kier alpha value is -2.60. The average Bonchev–Trinajstić information content (AvgIpc) is 2.73. The number of benzene rings is 2. The van der Waals surface area contributed by atoms with Crippen molar-refractivity contribution in [1.29, 1.82) is 0 Å². The lowest BCUT2D eigenvalue weighted by Gasteiger charge is -2.38. The largest absolute Gasteiger partial charge is 0.371 e. The Balaban J connectivity index is 1.52. The van der Waals surface area contributed by atoms with Crippen LogP contribution in [0.1, 0.15) is 30.1 Å². The van der Waals surface area contributed by atoms with Gasteiger partial charge in [0.25, 0.3) is 5.91 Å². The molecule has 1 saturated heterocycles. The third kappa shape index (κ3) is 5.26. The highest BCUT2D eigenvalue weighted by Crippen LogP contribution is 2.22. The number of halogens is 2. The molecule has 1 aliphatic heterocycles. The Bertz CT molecular complexity index is 849. The molecule has 3 rings (SSSR count). The maximum absolute atomic E-state index is 13.1. The van der Waals surface area contributed by atoms with Crippen LogP contribution in [0.3, 0.4) is 0 Å². The van der Waals surface area contributed by atoms with Gasteiger partial charge in [-0.1, -0.05) is 11.6 Å². The molecule has 2 aromatic rings. The number of nitrogens with zero attached hydrogens (tertiary/aromatic N) is 2. The van der Waals surface area contributed by atoms with Crippen LogP contribution >= 0.6 is 11.6 Å². The number of carbonyl (C=O) groups is 2. The molecule has 1 atom stereocenters. The molecule has 2 aromatic carbocycles. The molecule has 1 aliphatic rings. The molecule has 0 aromatic heterocycles. The summed E-state index contributed by atoms with van der Waals surface area (Å²) in [7, 11) is 1.78. The highest BCUT2D eigenvalue weighted by Gasteiger charge is 2.28. The molecule has 1 fully saturated rings. The van der Waals surface area contributed by atoms with Gasteiger partial charge in [-0.05, 0) is 68.3 Å². The minimum Gasteiger partial charge on any atom is -0.371 e. The fraction of sp³-hybridized carbons (Fsp3) is 0.364. The highest BCUT2D eigenvalue weighted by molar-refractivity contribution is 6.30. The molecule has 0 aliphatic carbocycles. The van der Waals surface area contributed by atoms with Crippen LogP contribution in [0.25, 0.3) is 0 Å². The number of likely N-dealkylation sites (N-methyl/N-ethyl adjacent to an activating group) is 1. The fourth-order valence-corrected chi connectivity index (χ4v) is 3.72. The topological polar surface area (TPSA) is 52.7 Å². The first-order valence-electron chi connectivity index (χ1n) is 9.69. The Kier molecular flexibility index (Phi) is 6.75. The van der Waals surface area contributed by atoms with Crippen molar-refractivity contribution in [3.8, 4) is 0 Å². The first-order valence-corrected chi connectivity index (χ1v) is 10.1. The molecule has 0 radical (unpaired) electrons. The van der Waals surface area contributed by atoms with Crippen molar-refractivity contribution in [2.45, 2.75) is 31.8 Å². The standard InChI is InChI=1S/C22H25ClFN3O2/c1-15(25-21(28)16-3-5-17(23)6-4-16)22(29)26(2)19-11-13-27(14-12-19)20-9-7-18(24)8-10-20/h3-10,15,19H,11-14H2,1-2H3,(H,25,28). The van der Waals surface area contributed by atoms with Gasteiger partial charge in [0.1, 0.15) is 11.9 Å². The zero-order valence-corrected chi connectivity index (χ0v) is 17.3. The summed E-state index contributed by atoms with van der Waals surface area (Å²) in [4.78, 5) is 29.0. The predicted octanol–water partition coefficient (Wildman–Crippen LogP) is 3.72. The molecular formula is C22H25ClFN3O2. The highest BCUT2D eigenvalue weighted by atomic mass is 35.5. The number of hydrogen-bond donors (Lipinski definition) is 1. The van der Waals surface area contributed by atoms with Gasteiger partial charge in [0.2, 0.25) is 5.91 Å². The van der Waals surface area contributed by atoms with Crippen molar-refractivity contribution in [1.82, 2.24) is 10.2 Å². The third-order valence-corrected chi connectivity index (χ3v) is 5.63. The number of anilines is 1. The lowest BCUT2D eigenvalue weighted by molar-refractivity contribution is -0.134. The Morgan fingerprint density at radius 3 is 2.28 bits per heavy atom. The van der Waals surface area contributed by atoms with Crippen LogP contribution in [-0.2, 0) is 4.79 Å². The molecular weight excluding hydrogens is 393 g/mol. The average molecular weight is 418 g/mol. The van der Waals surface area contributed by atoms with Crippen molar-refractivity contribution < 1.29 is 14.0 Å². The molecule has 1 heterocycles. The van der Waals surface area contributed by atoms with Gasteiger partial charge in [-0.15, -0.1) is 0 Å². The second-order valence-corrected chi connectivity index (χ2v) is 7.78. The summed E-state index contributed by atoms with van der Waals surface area (Å²) in [6.45, 7) is 3.28. The summed E-state index contributed by atoms with van der Waals surface area (Å²) < 4.78 is 13.1. The van der Waals surface area contributed by atoms with E-state index in [9.17, 15) is 14.0 Å². The van der Waals surface area contributed by atoms with Crippen molar-refractivity contribution in [3.63, 3.8) is 0 Å². The van der Waals surface area contributed by atoms with Gasteiger partial charge < -0.3 is 15.1 Å². The van der Waals surface area contributed by atoms with Crippen LogP contribution in [0, 0.1) is 5.82 Å². The molecule has 0 bridgehead atoms. The van der Waals surface area contributed by atoms with E-state index >= 15 is 0 Å². The third-order valence-electron chi connectivity index (χ3n) is 5.38. The van der Waals surface area contributed by atoms with Crippen molar-refractivity contribution in [2.24, 2.45) is 0 Å². The zero-order chi connectivity index (χ0) is 21.0. The van der Waals surface area contributed by atoms with Gasteiger partial charge in [-0.2, -0.15) is 0 Å². The summed E-state index contributed by atoms with van der Waals surface area (Å²) in [5, 5.41) is 3.31. The van der Waals surface area contributed by atoms with Crippen LogP contribution in [0.4, 0.5) is 10.1 Å². The number of rotatable bonds is 5. The number of amides is 2. The molecule has 0 saturated carbocycles. The molecule has 0 spiro atoms. The minimum atomic E-state index is -0.627. The van der Waals surface area contributed by atoms with E-state index in [0.29, 0.717) is 10.6 Å². The molecule has 1 unspecified atom stereocenters. The van der Waals surface area contributed by atoms with Crippen LogP contribution < -0.4 is 10.2 Å². The summed E-state index contributed by atoms with van der Waals surface area (Å²) >= 11 is 5.84. The summed E-state index contributed by atoms with van der Waals surface area (Å²) in [6, 6.07) is 12.5. The fourth-order valence-electron chi connectivity index (χ4n) is 3.59. The maximum atomic E-state index is 13.1. The van der Waals surface area contributed by atoms with Gasteiger partial charge in [-0.25, -0.2) is 4.39 Å². The normalized spacial score (nSPS) is 15.7. The zero-order valence-electron chi connectivity index (χ0n) is 16.6. The van der Waals surface area contributed by atoms with Gasteiger partial charge in [-0.3, -0.25) is 9.59 Å². The van der Waals surface area contributed by atoms with E-state index in [2.05, 4.69) is 10.2 Å². The first kappa shape index (κ1) is 21.1. The molecule has 2 amide bonds. The van der Waals surface area contributed by atoms with Gasteiger partial charge in [0.05, 0.1) is 0 Å². The van der Waals surface area contributed by atoms with E-state index in [0.717, 1.165) is 31.6 Å². The van der Waals surface area contributed by atoms with E-state index in [4.69, 9.17) is 11.6 Å². The van der Waals surface area contributed by atoms with Gasteiger partial charge in [0, 0.05) is 42.5 Å². The Morgan fingerprint density at radius 2 is 1.69 bits per heavy atom. The van der Waals surface area contributed by atoms with Crippen LogP contribution in [0.2, 0.25) is 5.02 Å². The summed E-state index contributed by atoms with van der Waals surface area (Å²) in [6.07, 6.45) is 1.63. The quantitative estimate of drug-likeness (QED) is 0.806. The molecule has 29 heavy (non-hydrogen) atoms. The van der Waals surface area contributed by atoms with Crippen molar-refractivity contribution >= 4 is 29.1 Å². The van der Waals surface area contributed by atoms with E-state index < -0.39 is 6.04 Å². The maximum Gasteiger partial charge on any atom is 0.251 e. The van der Waals surface area contributed by atoms with Gasteiger partial charge >= 0.3 is 0 Å². The molecule has 154 valence electrons. The van der Waals surface area contributed by atoms with E-state index in [1.54, 1.807) is 55.3 Å². The smallest absolute Gasteiger partial charge is 0.251 e. The Morgan fingerprint density at radius 1 is 1.10 bits per heavy atom. The minimum absolute atomic E-state index is 0.106. The van der Waals surface area contributed by atoms with E-state index in [1.165, 1.54) is 12.1 Å². The second kappa shape index (κ2) is 9.27. The van der Waals surface area contributed by atoms with Crippen LogP contribution in [-0.4, -0.2) is 48.9 Å². The summed E-state index contributed by atoms with van der Waals surface area (Å²) in [5.74, 6) is -0.668. The second-order valence-electron chi connectivity index (χ2n) is 7.35. The SMILES string of the molecule is CC(NC(=O)c1ccc(Cl)cc1)C(=O)N(C)C1CCN(c2ccc(F)cc2)CC1. The van der Waals surface area contributed by atoms with E-state index in [1.807, 2.05) is 0 Å². The number of nitrogens with one attached hydrogen (secondary N) is 1. The number of carbonyl (C=O) groups excluding carboxylic acids is 2. The first-order chi connectivity index (χ1) is 13.8. The number of hydrogen-bond acceptors (Lipinski definition) is 3. The number of piperidine rings is 1. The van der Waals surface area contributed by atoms with Crippen LogP contribution in [0.15, 0.2) is 48.5 Å². The lowest BCUT2D eigenvalue weighted by atomic mass is 10.0. The Labute approximate surface area is 175 Å². The lowest BCUT2D eigenvalue weighted by Crippen LogP contribution is -2.51. The molecule has 7 heteroatoms. The van der Waals surface area contributed by atoms with Crippen molar-refractivity contribution in [2.75, 3.05) is 25.0 Å². The van der Waals surface area contributed by atoms with Gasteiger partial charge in [0.15, 0.2) is 0 Å². The monoisotopic (exact) mass is 417 g/mol.